The third-order valence-electron chi connectivity index (χ3n) is 2.22. The average Bonchev–Trinajstić information content (AvgIpc) is 2.40. The van der Waals surface area contributed by atoms with Crippen molar-refractivity contribution < 1.29 is 13.2 Å². The van der Waals surface area contributed by atoms with E-state index in [4.69, 9.17) is 9.88 Å². The molecule has 0 fully saturated rings. The standard InChI is InChI=1S/C10H20N6O3S/c1-3-5-12-8-14-9(16-10(15-8)19-2)13-6-4-7-20(11,17)18/h3-7H2,1-2H3,(H2,11,17,18)(H2,12,13,14,15,16). The van der Waals surface area contributed by atoms with Crippen LogP contribution in [0.15, 0.2) is 0 Å². The minimum absolute atomic E-state index is 0.0941. The Bertz CT molecular complexity index is 522. The first-order valence-corrected chi connectivity index (χ1v) is 7.94. The Balaban J connectivity index is 2.59. The maximum Gasteiger partial charge on any atom is 0.322 e. The van der Waals surface area contributed by atoms with Crippen molar-refractivity contribution in [3.63, 3.8) is 0 Å². The highest BCUT2D eigenvalue weighted by Crippen LogP contribution is 2.10. The lowest BCUT2D eigenvalue weighted by Gasteiger charge is -2.08. The minimum Gasteiger partial charge on any atom is -0.467 e. The van der Waals surface area contributed by atoms with Crippen LogP contribution < -0.4 is 20.5 Å². The summed E-state index contributed by atoms with van der Waals surface area (Å²) in [5, 5.41) is 10.8. The van der Waals surface area contributed by atoms with Crippen LogP contribution in [0.2, 0.25) is 0 Å². The van der Waals surface area contributed by atoms with Crippen LogP contribution >= 0.6 is 0 Å². The molecule has 0 saturated heterocycles. The lowest BCUT2D eigenvalue weighted by molar-refractivity contribution is 0.379. The average molecular weight is 304 g/mol. The van der Waals surface area contributed by atoms with Crippen LogP contribution in [0.5, 0.6) is 6.01 Å². The Kier molecular flexibility index (Phi) is 6.39. The van der Waals surface area contributed by atoms with E-state index in [1.807, 2.05) is 6.92 Å². The van der Waals surface area contributed by atoms with Gasteiger partial charge in [-0.3, -0.25) is 0 Å². The first-order valence-electron chi connectivity index (χ1n) is 6.23. The Morgan fingerprint density at radius 2 is 1.75 bits per heavy atom. The highest BCUT2D eigenvalue weighted by atomic mass is 32.2. The molecule has 0 unspecified atom stereocenters. The van der Waals surface area contributed by atoms with Crippen LogP contribution in [0.3, 0.4) is 0 Å². The molecule has 1 heterocycles. The van der Waals surface area contributed by atoms with E-state index in [0.717, 1.165) is 13.0 Å². The summed E-state index contributed by atoms with van der Waals surface area (Å²) in [5.41, 5.74) is 0. The van der Waals surface area contributed by atoms with Crippen molar-refractivity contribution in [2.45, 2.75) is 19.8 Å². The van der Waals surface area contributed by atoms with Gasteiger partial charge in [0, 0.05) is 13.1 Å². The quantitative estimate of drug-likeness (QED) is 0.534. The summed E-state index contributed by atoms with van der Waals surface area (Å²) < 4.78 is 26.6. The van der Waals surface area contributed by atoms with Crippen LogP contribution in [0, 0.1) is 0 Å². The molecule has 0 saturated carbocycles. The van der Waals surface area contributed by atoms with Crippen LogP contribution in [-0.2, 0) is 10.0 Å². The molecule has 0 radical (unpaired) electrons. The van der Waals surface area contributed by atoms with E-state index in [1.165, 1.54) is 7.11 Å². The van der Waals surface area contributed by atoms with E-state index in [1.54, 1.807) is 0 Å². The molecule has 0 aliphatic carbocycles. The normalized spacial score (nSPS) is 11.2. The fourth-order valence-electron chi connectivity index (χ4n) is 1.32. The number of nitrogens with zero attached hydrogens (tertiary/aromatic N) is 3. The van der Waals surface area contributed by atoms with E-state index in [-0.39, 0.29) is 11.8 Å². The van der Waals surface area contributed by atoms with Gasteiger partial charge in [-0.1, -0.05) is 6.92 Å². The van der Waals surface area contributed by atoms with E-state index in [0.29, 0.717) is 24.9 Å². The van der Waals surface area contributed by atoms with Gasteiger partial charge in [0.2, 0.25) is 21.9 Å². The van der Waals surface area contributed by atoms with Gasteiger partial charge in [-0.05, 0) is 12.8 Å². The lowest BCUT2D eigenvalue weighted by atomic mass is 10.5. The number of hydrogen-bond donors (Lipinski definition) is 3. The molecule has 0 spiro atoms. The molecule has 20 heavy (non-hydrogen) atoms. The first-order chi connectivity index (χ1) is 9.44. The largest absolute Gasteiger partial charge is 0.467 e. The molecule has 0 atom stereocenters. The fraction of sp³-hybridized carbons (Fsp3) is 0.700. The molecule has 10 heteroatoms. The van der Waals surface area contributed by atoms with Crippen molar-refractivity contribution >= 4 is 21.9 Å². The molecule has 0 bridgehead atoms. The Morgan fingerprint density at radius 1 is 1.15 bits per heavy atom. The van der Waals surface area contributed by atoms with Gasteiger partial charge in [0.05, 0.1) is 12.9 Å². The van der Waals surface area contributed by atoms with E-state index in [2.05, 4.69) is 25.6 Å². The summed E-state index contributed by atoms with van der Waals surface area (Å²) in [4.78, 5) is 12.2. The number of sulfonamides is 1. The van der Waals surface area contributed by atoms with Crippen molar-refractivity contribution in [3.05, 3.63) is 0 Å². The highest BCUT2D eigenvalue weighted by Gasteiger charge is 2.07. The van der Waals surface area contributed by atoms with Gasteiger partial charge in [0.1, 0.15) is 0 Å². The smallest absolute Gasteiger partial charge is 0.322 e. The van der Waals surface area contributed by atoms with Crippen molar-refractivity contribution in [2.75, 3.05) is 36.6 Å². The third-order valence-corrected chi connectivity index (χ3v) is 3.08. The Hall–Kier alpha value is -1.68. The van der Waals surface area contributed by atoms with Crippen LogP contribution in [0.1, 0.15) is 19.8 Å². The molecule has 114 valence electrons. The Labute approximate surface area is 118 Å². The van der Waals surface area contributed by atoms with Gasteiger partial charge in [-0.25, -0.2) is 13.6 Å². The molecular weight excluding hydrogens is 284 g/mol. The molecule has 0 amide bonds. The van der Waals surface area contributed by atoms with Crippen molar-refractivity contribution in [1.82, 2.24) is 15.0 Å². The summed E-state index contributed by atoms with van der Waals surface area (Å²) >= 11 is 0. The minimum atomic E-state index is -3.44. The number of nitrogens with one attached hydrogen (secondary N) is 2. The molecule has 0 aliphatic heterocycles. The number of primary sulfonamides is 1. The van der Waals surface area contributed by atoms with Gasteiger partial charge in [0.25, 0.3) is 0 Å². The second-order valence-electron chi connectivity index (χ2n) is 4.04. The highest BCUT2D eigenvalue weighted by molar-refractivity contribution is 7.89. The van der Waals surface area contributed by atoms with Gasteiger partial charge < -0.3 is 15.4 Å². The van der Waals surface area contributed by atoms with E-state index in [9.17, 15) is 8.42 Å². The van der Waals surface area contributed by atoms with Crippen molar-refractivity contribution in [1.29, 1.82) is 0 Å². The van der Waals surface area contributed by atoms with Gasteiger partial charge in [-0.15, -0.1) is 0 Å². The second kappa shape index (κ2) is 7.80. The van der Waals surface area contributed by atoms with E-state index < -0.39 is 10.0 Å². The van der Waals surface area contributed by atoms with E-state index >= 15 is 0 Å². The number of aromatic nitrogens is 3. The number of nitrogens with two attached hydrogens (primary N) is 1. The number of methoxy groups -OCH3 is 1. The molecule has 9 nitrogen and oxygen atoms in total. The zero-order chi connectivity index (χ0) is 15.0. The summed E-state index contributed by atoms with van der Waals surface area (Å²) in [6.07, 6.45) is 1.30. The maximum atomic E-state index is 10.8. The number of ether oxygens (including phenoxy) is 1. The molecule has 4 N–H and O–H groups in total. The summed E-state index contributed by atoms with van der Waals surface area (Å²) in [6.45, 7) is 3.15. The number of anilines is 2. The second-order valence-corrected chi connectivity index (χ2v) is 5.78. The van der Waals surface area contributed by atoms with Crippen LogP contribution in [0.25, 0.3) is 0 Å². The van der Waals surface area contributed by atoms with Gasteiger partial charge >= 0.3 is 6.01 Å². The predicted molar refractivity (Wildman–Crippen MR) is 76.2 cm³/mol. The van der Waals surface area contributed by atoms with Crippen LogP contribution in [-0.4, -0.2) is 49.3 Å². The lowest BCUT2D eigenvalue weighted by Crippen LogP contribution is -2.19. The monoisotopic (exact) mass is 304 g/mol. The van der Waals surface area contributed by atoms with Crippen molar-refractivity contribution in [2.24, 2.45) is 5.14 Å². The molecule has 1 rings (SSSR count). The number of rotatable bonds is 9. The summed E-state index contributed by atoms with van der Waals surface area (Å²) in [5.74, 6) is 0.640. The number of hydrogen-bond acceptors (Lipinski definition) is 8. The van der Waals surface area contributed by atoms with Crippen LogP contribution in [0.4, 0.5) is 11.9 Å². The molecule has 1 aromatic rings. The zero-order valence-corrected chi connectivity index (χ0v) is 12.4. The van der Waals surface area contributed by atoms with Gasteiger partial charge in [-0.2, -0.15) is 15.0 Å². The van der Waals surface area contributed by atoms with Crippen molar-refractivity contribution in [3.8, 4) is 6.01 Å². The summed E-state index contributed by atoms with van der Waals surface area (Å²) in [7, 11) is -1.98. The predicted octanol–water partition coefficient (Wildman–Crippen LogP) is -0.207. The third kappa shape index (κ3) is 6.48. The Morgan fingerprint density at radius 3 is 2.25 bits per heavy atom. The molecular formula is C10H20N6O3S. The zero-order valence-electron chi connectivity index (χ0n) is 11.6. The molecule has 1 aromatic heterocycles. The maximum absolute atomic E-state index is 10.8. The summed E-state index contributed by atoms with van der Waals surface area (Å²) in [6, 6.07) is 0.188. The molecule has 0 aromatic carbocycles. The topological polar surface area (TPSA) is 132 Å². The molecule has 0 aliphatic rings. The van der Waals surface area contributed by atoms with Gasteiger partial charge in [0.15, 0.2) is 0 Å². The fourth-order valence-corrected chi connectivity index (χ4v) is 1.86. The first kappa shape index (κ1) is 16.4. The SMILES string of the molecule is CCCNc1nc(NCCCS(N)(=O)=O)nc(OC)n1.